The predicted molar refractivity (Wildman–Crippen MR) is 85.0 cm³/mol. The fourth-order valence-electron chi connectivity index (χ4n) is 1.81. The average molecular weight is 300 g/mol. The lowest BCUT2D eigenvalue weighted by Gasteiger charge is -2.14. The molecule has 0 aliphatic heterocycles. The lowest BCUT2D eigenvalue weighted by molar-refractivity contribution is 0.0937. The van der Waals surface area contributed by atoms with Crippen LogP contribution in [0.4, 0.5) is 0 Å². The van der Waals surface area contributed by atoms with Gasteiger partial charge in [-0.25, -0.2) is 0 Å². The van der Waals surface area contributed by atoms with Gasteiger partial charge in [0.15, 0.2) is 5.69 Å². The Hall–Kier alpha value is -2.76. The van der Waals surface area contributed by atoms with Crippen LogP contribution in [0, 0.1) is 0 Å². The summed E-state index contributed by atoms with van der Waals surface area (Å²) in [6.45, 7) is 9.87. The van der Waals surface area contributed by atoms with E-state index in [0.717, 1.165) is 5.69 Å². The zero-order valence-corrected chi connectivity index (χ0v) is 12.9. The Balaban J connectivity index is 2.00. The van der Waals surface area contributed by atoms with E-state index in [1.807, 2.05) is 20.8 Å². The van der Waals surface area contributed by atoms with Crippen LogP contribution in [-0.2, 0) is 5.41 Å². The molecule has 116 valence electrons. The summed E-state index contributed by atoms with van der Waals surface area (Å²) in [5.74, 6) is -0.299. The number of carbonyl (C=O) groups is 1. The van der Waals surface area contributed by atoms with Crippen molar-refractivity contribution in [2.75, 3.05) is 0 Å². The Labute approximate surface area is 129 Å². The molecule has 0 aliphatic rings. The van der Waals surface area contributed by atoms with Crippen LogP contribution < -0.4 is 10.9 Å². The fourth-order valence-corrected chi connectivity index (χ4v) is 1.81. The van der Waals surface area contributed by atoms with Crippen molar-refractivity contribution in [2.24, 2.45) is 0 Å². The minimum Gasteiger partial charge on any atom is -0.507 e. The standard InChI is InChI=1S/C16H20N4O2/c1-10(11-7-5-6-8-13(11)21)17-20-15(22)12-9-14(19-18-12)16(2,3)4/h5-9,17,21H,1H2,2-4H3,(H,18,19)(H,20,22). The van der Waals surface area contributed by atoms with Crippen molar-refractivity contribution in [3.05, 3.63) is 53.9 Å². The third-order valence-electron chi connectivity index (χ3n) is 3.17. The normalized spacial score (nSPS) is 11.0. The first-order chi connectivity index (χ1) is 10.3. The maximum atomic E-state index is 12.0. The number of hydrazine groups is 1. The smallest absolute Gasteiger partial charge is 0.290 e. The summed E-state index contributed by atoms with van der Waals surface area (Å²) in [7, 11) is 0. The van der Waals surface area contributed by atoms with Gasteiger partial charge < -0.3 is 5.11 Å². The SMILES string of the molecule is C=C(NNC(=O)c1cc(C(C)(C)C)[nH]n1)c1ccccc1O. The van der Waals surface area contributed by atoms with Crippen LogP contribution in [0.1, 0.15) is 42.5 Å². The molecule has 1 aromatic carbocycles. The highest BCUT2D eigenvalue weighted by Crippen LogP contribution is 2.21. The van der Waals surface area contributed by atoms with Gasteiger partial charge in [-0.3, -0.25) is 20.7 Å². The number of hydrogen-bond acceptors (Lipinski definition) is 4. The number of phenols is 1. The van der Waals surface area contributed by atoms with E-state index in [-0.39, 0.29) is 22.8 Å². The summed E-state index contributed by atoms with van der Waals surface area (Å²) in [4.78, 5) is 12.0. The number of nitrogens with zero attached hydrogens (tertiary/aromatic N) is 1. The second kappa shape index (κ2) is 5.93. The minimum atomic E-state index is -0.386. The van der Waals surface area contributed by atoms with Gasteiger partial charge in [0.2, 0.25) is 0 Å². The molecule has 2 aromatic rings. The third-order valence-corrected chi connectivity index (χ3v) is 3.17. The highest BCUT2D eigenvalue weighted by atomic mass is 16.3. The first-order valence-corrected chi connectivity index (χ1v) is 6.88. The number of phenolic OH excluding ortho intramolecular Hbond substituents is 1. The zero-order valence-electron chi connectivity index (χ0n) is 12.9. The third kappa shape index (κ3) is 3.46. The number of carbonyl (C=O) groups excluding carboxylic acids is 1. The molecule has 22 heavy (non-hydrogen) atoms. The van der Waals surface area contributed by atoms with Crippen LogP contribution in [0.2, 0.25) is 0 Å². The molecule has 0 saturated heterocycles. The summed E-state index contributed by atoms with van der Waals surface area (Å²) >= 11 is 0. The van der Waals surface area contributed by atoms with Gasteiger partial charge in [0, 0.05) is 16.7 Å². The Morgan fingerprint density at radius 2 is 1.95 bits per heavy atom. The predicted octanol–water partition coefficient (Wildman–Crippen LogP) is 2.32. The first-order valence-electron chi connectivity index (χ1n) is 6.88. The number of amides is 1. The number of nitrogens with one attached hydrogen (secondary N) is 3. The van der Waals surface area contributed by atoms with E-state index < -0.39 is 0 Å². The van der Waals surface area contributed by atoms with Crippen molar-refractivity contribution < 1.29 is 9.90 Å². The molecular weight excluding hydrogens is 280 g/mol. The van der Waals surface area contributed by atoms with Crippen molar-refractivity contribution in [1.29, 1.82) is 0 Å². The molecule has 0 radical (unpaired) electrons. The first kappa shape index (κ1) is 15.6. The summed E-state index contributed by atoms with van der Waals surface area (Å²) in [5, 5.41) is 16.6. The van der Waals surface area contributed by atoms with Crippen molar-refractivity contribution in [2.45, 2.75) is 26.2 Å². The van der Waals surface area contributed by atoms with Crippen molar-refractivity contribution in [3.63, 3.8) is 0 Å². The minimum absolute atomic E-state index is 0.0871. The molecular formula is C16H20N4O2. The Bertz CT molecular complexity index is 698. The van der Waals surface area contributed by atoms with Crippen molar-refractivity contribution >= 4 is 11.6 Å². The summed E-state index contributed by atoms with van der Waals surface area (Å²) in [6, 6.07) is 8.44. The number of aromatic nitrogens is 2. The van der Waals surface area contributed by atoms with Gasteiger partial charge >= 0.3 is 0 Å². The molecule has 0 fully saturated rings. The molecule has 0 aliphatic carbocycles. The zero-order chi connectivity index (χ0) is 16.3. The molecule has 1 aromatic heterocycles. The van der Waals surface area contributed by atoms with Gasteiger partial charge in [-0.2, -0.15) is 5.10 Å². The topological polar surface area (TPSA) is 90.0 Å². The number of H-pyrrole nitrogens is 1. The molecule has 1 heterocycles. The Morgan fingerprint density at radius 1 is 1.27 bits per heavy atom. The molecule has 1 amide bonds. The molecule has 4 N–H and O–H groups in total. The van der Waals surface area contributed by atoms with Crippen LogP contribution in [0.25, 0.3) is 5.70 Å². The highest BCUT2D eigenvalue weighted by molar-refractivity contribution is 5.92. The van der Waals surface area contributed by atoms with Gasteiger partial charge in [0.05, 0.1) is 5.70 Å². The number of aromatic amines is 1. The maximum Gasteiger partial charge on any atom is 0.290 e. The maximum absolute atomic E-state index is 12.0. The van der Waals surface area contributed by atoms with Crippen molar-refractivity contribution in [3.8, 4) is 5.75 Å². The van der Waals surface area contributed by atoms with Crippen LogP contribution in [0.15, 0.2) is 36.9 Å². The van der Waals surface area contributed by atoms with Crippen LogP contribution in [-0.4, -0.2) is 21.2 Å². The second-order valence-electron chi connectivity index (χ2n) is 5.99. The van der Waals surface area contributed by atoms with Gasteiger partial charge in [0.1, 0.15) is 5.75 Å². The van der Waals surface area contributed by atoms with E-state index in [4.69, 9.17) is 0 Å². The second-order valence-corrected chi connectivity index (χ2v) is 5.99. The molecule has 0 unspecified atom stereocenters. The summed E-state index contributed by atoms with van der Waals surface area (Å²) in [5.41, 5.74) is 7.13. The van der Waals surface area contributed by atoms with E-state index in [9.17, 15) is 9.90 Å². The van der Waals surface area contributed by atoms with Gasteiger partial charge in [-0.1, -0.05) is 39.5 Å². The molecule has 6 heteroatoms. The van der Waals surface area contributed by atoms with E-state index in [1.165, 1.54) is 0 Å². The monoisotopic (exact) mass is 300 g/mol. The summed E-state index contributed by atoms with van der Waals surface area (Å²) < 4.78 is 0. The molecule has 0 saturated carbocycles. The Morgan fingerprint density at radius 3 is 2.55 bits per heavy atom. The number of rotatable bonds is 4. The fraction of sp³-hybridized carbons (Fsp3) is 0.250. The molecule has 0 atom stereocenters. The molecule has 0 spiro atoms. The number of aromatic hydroxyl groups is 1. The lowest BCUT2D eigenvalue weighted by atomic mass is 9.92. The highest BCUT2D eigenvalue weighted by Gasteiger charge is 2.19. The Kier molecular flexibility index (Phi) is 4.21. The van der Waals surface area contributed by atoms with Crippen LogP contribution in [0.5, 0.6) is 5.75 Å². The van der Waals surface area contributed by atoms with Gasteiger partial charge in [-0.05, 0) is 18.2 Å². The van der Waals surface area contributed by atoms with Gasteiger partial charge in [-0.15, -0.1) is 0 Å². The average Bonchev–Trinajstić information content (AvgIpc) is 2.95. The molecule has 6 nitrogen and oxygen atoms in total. The van der Waals surface area contributed by atoms with E-state index in [0.29, 0.717) is 11.3 Å². The lowest BCUT2D eigenvalue weighted by Crippen LogP contribution is -2.36. The van der Waals surface area contributed by atoms with E-state index in [2.05, 4.69) is 27.6 Å². The van der Waals surface area contributed by atoms with Gasteiger partial charge in [0.25, 0.3) is 5.91 Å². The van der Waals surface area contributed by atoms with E-state index >= 15 is 0 Å². The van der Waals surface area contributed by atoms with Crippen LogP contribution in [0.3, 0.4) is 0 Å². The molecule has 2 rings (SSSR count). The summed E-state index contributed by atoms with van der Waals surface area (Å²) in [6.07, 6.45) is 0. The van der Waals surface area contributed by atoms with Crippen LogP contribution >= 0.6 is 0 Å². The number of benzene rings is 1. The molecule has 0 bridgehead atoms. The number of hydrogen-bond donors (Lipinski definition) is 4. The van der Waals surface area contributed by atoms with Crippen molar-refractivity contribution in [1.82, 2.24) is 21.0 Å². The largest absolute Gasteiger partial charge is 0.507 e. The van der Waals surface area contributed by atoms with E-state index in [1.54, 1.807) is 30.3 Å². The quantitative estimate of drug-likeness (QED) is 0.652. The number of para-hydroxylation sites is 1.